The highest BCUT2D eigenvalue weighted by molar-refractivity contribution is 5.91. The molecule has 1 aliphatic heterocycles. The van der Waals surface area contributed by atoms with Crippen molar-refractivity contribution in [3.05, 3.63) is 48.0 Å². The summed E-state index contributed by atoms with van der Waals surface area (Å²) in [6, 6.07) is 9.58. The molecule has 1 aliphatic rings. The molecule has 1 N–H and O–H groups in total. The number of rotatable bonds is 3. The molecule has 7 heteroatoms. The summed E-state index contributed by atoms with van der Waals surface area (Å²) >= 11 is 0. The van der Waals surface area contributed by atoms with Gasteiger partial charge in [-0.3, -0.25) is 9.78 Å². The summed E-state index contributed by atoms with van der Waals surface area (Å²) in [5.41, 5.74) is 2.43. The number of amides is 1. The van der Waals surface area contributed by atoms with Crippen LogP contribution >= 0.6 is 0 Å². The van der Waals surface area contributed by atoms with Gasteiger partial charge in [-0.1, -0.05) is 17.3 Å². The Morgan fingerprint density at radius 2 is 2.16 bits per heavy atom. The highest BCUT2D eigenvalue weighted by atomic mass is 16.5. The largest absolute Gasteiger partial charge is 0.364 e. The van der Waals surface area contributed by atoms with Crippen LogP contribution in [0.5, 0.6) is 0 Å². The van der Waals surface area contributed by atoms with Crippen LogP contribution in [0.1, 0.15) is 29.1 Å². The van der Waals surface area contributed by atoms with Crippen LogP contribution in [0.15, 0.2) is 41.1 Å². The van der Waals surface area contributed by atoms with E-state index in [0.29, 0.717) is 18.0 Å². The van der Waals surface area contributed by atoms with E-state index in [0.717, 1.165) is 36.2 Å². The van der Waals surface area contributed by atoms with Crippen molar-refractivity contribution in [2.24, 2.45) is 0 Å². The molecule has 128 valence electrons. The van der Waals surface area contributed by atoms with E-state index in [1.165, 1.54) is 0 Å². The summed E-state index contributed by atoms with van der Waals surface area (Å²) in [5, 5.41) is 7.19. The molecule has 0 radical (unpaired) electrons. The minimum atomic E-state index is -0.114. The molecule has 3 heterocycles. The van der Waals surface area contributed by atoms with Gasteiger partial charge < -0.3 is 14.7 Å². The molecule has 0 bridgehead atoms. The third kappa shape index (κ3) is 3.31. The highest BCUT2D eigenvalue weighted by Crippen LogP contribution is 2.18. The molecule has 0 saturated carbocycles. The van der Waals surface area contributed by atoms with Crippen LogP contribution < -0.4 is 5.32 Å². The second-order valence-electron chi connectivity index (χ2n) is 6.31. The first-order valence-corrected chi connectivity index (χ1v) is 8.40. The molecule has 4 rings (SSSR count). The molecule has 0 unspecified atom stereocenters. The molecule has 1 atom stereocenters. The molecule has 7 nitrogen and oxygen atoms in total. The fourth-order valence-electron chi connectivity index (χ4n) is 3.14. The molecule has 1 amide bonds. The maximum atomic E-state index is 12.5. The fourth-order valence-corrected chi connectivity index (χ4v) is 3.14. The number of likely N-dealkylation sites (tertiary alicyclic amines) is 1. The Labute approximate surface area is 145 Å². The molecule has 0 spiro atoms. The van der Waals surface area contributed by atoms with E-state index in [1.807, 2.05) is 24.3 Å². The summed E-state index contributed by atoms with van der Waals surface area (Å²) in [6.45, 7) is 3.13. The number of nitrogens with one attached hydrogen (secondary N) is 1. The molecular formula is C18H19N5O2. The Kier molecular flexibility index (Phi) is 4.05. The summed E-state index contributed by atoms with van der Waals surface area (Å²) in [5.74, 6) is 0.911. The zero-order chi connectivity index (χ0) is 17.2. The lowest BCUT2D eigenvalue weighted by atomic mass is 10.1. The Balaban J connectivity index is 1.46. The quantitative estimate of drug-likeness (QED) is 0.791. The standard InChI is InChI=1S/C18H19N5O2/c1-12-9-16(25-22-12)18(24)23-8-4-5-13(11-23)20-17-10-19-14-6-2-3-7-15(14)21-17/h2-3,6-7,9-10,13H,4-5,8,11H2,1H3,(H,20,21)/t13-/m1/s1. The number of fused-ring (bicyclic) bond motifs is 1. The zero-order valence-electron chi connectivity index (χ0n) is 14.0. The van der Waals surface area contributed by atoms with Gasteiger partial charge in [0.15, 0.2) is 0 Å². The number of anilines is 1. The van der Waals surface area contributed by atoms with Crippen LogP contribution in [0.2, 0.25) is 0 Å². The van der Waals surface area contributed by atoms with Crippen LogP contribution in [0.25, 0.3) is 11.0 Å². The molecule has 0 aliphatic carbocycles. The first-order chi connectivity index (χ1) is 12.2. The lowest BCUT2D eigenvalue weighted by molar-refractivity contribution is 0.0672. The van der Waals surface area contributed by atoms with Gasteiger partial charge in [0.1, 0.15) is 5.82 Å². The Bertz CT molecular complexity index is 907. The van der Waals surface area contributed by atoms with Gasteiger partial charge in [-0.25, -0.2) is 4.98 Å². The van der Waals surface area contributed by atoms with E-state index in [2.05, 4.69) is 20.4 Å². The summed E-state index contributed by atoms with van der Waals surface area (Å²) in [4.78, 5) is 23.3. The highest BCUT2D eigenvalue weighted by Gasteiger charge is 2.26. The first-order valence-electron chi connectivity index (χ1n) is 8.40. The minimum Gasteiger partial charge on any atom is -0.364 e. The third-order valence-corrected chi connectivity index (χ3v) is 4.35. The lowest BCUT2D eigenvalue weighted by Crippen LogP contribution is -2.45. The molecule has 25 heavy (non-hydrogen) atoms. The Morgan fingerprint density at radius 1 is 1.32 bits per heavy atom. The maximum Gasteiger partial charge on any atom is 0.292 e. The van der Waals surface area contributed by atoms with Crippen molar-refractivity contribution in [2.75, 3.05) is 18.4 Å². The number of carbonyl (C=O) groups is 1. The van der Waals surface area contributed by atoms with E-state index < -0.39 is 0 Å². The van der Waals surface area contributed by atoms with E-state index in [4.69, 9.17) is 4.52 Å². The number of hydrogen-bond acceptors (Lipinski definition) is 6. The zero-order valence-corrected chi connectivity index (χ0v) is 14.0. The topological polar surface area (TPSA) is 84.2 Å². The van der Waals surface area contributed by atoms with E-state index in [9.17, 15) is 4.79 Å². The summed E-state index contributed by atoms with van der Waals surface area (Å²) < 4.78 is 5.10. The molecule has 3 aromatic rings. The number of carbonyl (C=O) groups excluding carboxylic acids is 1. The lowest BCUT2D eigenvalue weighted by Gasteiger charge is -2.32. The van der Waals surface area contributed by atoms with Crippen LogP contribution in [0, 0.1) is 6.92 Å². The summed E-state index contributed by atoms with van der Waals surface area (Å²) in [7, 11) is 0. The molecule has 1 fully saturated rings. The number of piperidine rings is 1. The van der Waals surface area contributed by atoms with Crippen molar-refractivity contribution in [1.82, 2.24) is 20.0 Å². The smallest absolute Gasteiger partial charge is 0.292 e. The second-order valence-corrected chi connectivity index (χ2v) is 6.31. The van der Waals surface area contributed by atoms with Crippen LogP contribution in [-0.2, 0) is 0 Å². The van der Waals surface area contributed by atoms with Crippen LogP contribution in [-0.4, -0.2) is 45.1 Å². The van der Waals surface area contributed by atoms with Gasteiger partial charge in [0.05, 0.1) is 22.9 Å². The van der Waals surface area contributed by atoms with Crippen molar-refractivity contribution < 1.29 is 9.32 Å². The minimum absolute atomic E-state index is 0.114. The van der Waals surface area contributed by atoms with Crippen molar-refractivity contribution >= 4 is 22.8 Å². The van der Waals surface area contributed by atoms with Gasteiger partial charge in [-0.05, 0) is 31.9 Å². The fraction of sp³-hybridized carbons (Fsp3) is 0.333. The van der Waals surface area contributed by atoms with E-state index in [-0.39, 0.29) is 11.9 Å². The van der Waals surface area contributed by atoms with Crippen molar-refractivity contribution in [3.8, 4) is 0 Å². The van der Waals surface area contributed by atoms with Gasteiger partial charge >= 0.3 is 0 Å². The third-order valence-electron chi connectivity index (χ3n) is 4.35. The number of benzene rings is 1. The van der Waals surface area contributed by atoms with Gasteiger partial charge in [0.2, 0.25) is 5.76 Å². The summed E-state index contributed by atoms with van der Waals surface area (Å²) in [6.07, 6.45) is 3.65. The molecule has 1 saturated heterocycles. The van der Waals surface area contributed by atoms with Crippen molar-refractivity contribution in [2.45, 2.75) is 25.8 Å². The van der Waals surface area contributed by atoms with Crippen molar-refractivity contribution in [1.29, 1.82) is 0 Å². The number of aromatic nitrogens is 3. The number of hydrogen-bond donors (Lipinski definition) is 1. The van der Waals surface area contributed by atoms with Crippen LogP contribution in [0.4, 0.5) is 5.82 Å². The van der Waals surface area contributed by atoms with E-state index in [1.54, 1.807) is 24.1 Å². The number of nitrogens with zero attached hydrogens (tertiary/aromatic N) is 4. The van der Waals surface area contributed by atoms with Gasteiger partial charge in [-0.2, -0.15) is 0 Å². The predicted molar refractivity (Wildman–Crippen MR) is 93.3 cm³/mol. The van der Waals surface area contributed by atoms with Crippen molar-refractivity contribution in [3.63, 3.8) is 0 Å². The molecular weight excluding hydrogens is 318 g/mol. The Morgan fingerprint density at radius 3 is 2.96 bits per heavy atom. The van der Waals surface area contributed by atoms with Gasteiger partial charge in [0, 0.05) is 25.2 Å². The number of aryl methyl sites for hydroxylation is 1. The van der Waals surface area contributed by atoms with Gasteiger partial charge in [0.25, 0.3) is 5.91 Å². The van der Waals surface area contributed by atoms with Gasteiger partial charge in [-0.15, -0.1) is 0 Å². The maximum absolute atomic E-state index is 12.5. The van der Waals surface area contributed by atoms with E-state index >= 15 is 0 Å². The first kappa shape index (κ1) is 15.6. The second kappa shape index (κ2) is 6.51. The number of para-hydroxylation sites is 2. The monoisotopic (exact) mass is 337 g/mol. The SMILES string of the molecule is Cc1cc(C(=O)N2CCC[C@@H](Nc3cnc4ccccc4n3)C2)on1. The average molecular weight is 337 g/mol. The normalized spacial score (nSPS) is 17.6. The molecule has 2 aromatic heterocycles. The average Bonchev–Trinajstić information content (AvgIpc) is 3.07. The molecule has 1 aromatic carbocycles. The Hall–Kier alpha value is -2.96. The predicted octanol–water partition coefficient (Wildman–Crippen LogP) is 2.64. The van der Waals surface area contributed by atoms with Crippen LogP contribution in [0.3, 0.4) is 0 Å².